The average molecular weight is 350 g/mol. The molecule has 2 fully saturated rings. The fraction of sp³-hybridized carbons (Fsp3) is 0.667. The molecule has 0 bridgehead atoms. The molecule has 1 aromatic heterocycles. The van der Waals surface area contributed by atoms with Crippen LogP contribution in [-0.2, 0) is 11.2 Å². The van der Waals surface area contributed by atoms with Crippen LogP contribution in [-0.4, -0.2) is 60.4 Å². The van der Waals surface area contributed by atoms with Crippen LogP contribution in [0.3, 0.4) is 0 Å². The molecule has 2 amide bonds. The molecule has 3 heterocycles. The fourth-order valence-electron chi connectivity index (χ4n) is 3.64. The van der Waals surface area contributed by atoms with Gasteiger partial charge in [-0.05, 0) is 44.2 Å². The first-order valence-corrected chi connectivity index (χ1v) is 9.82. The minimum atomic E-state index is -0.0135. The maximum atomic E-state index is 12.7. The van der Waals surface area contributed by atoms with E-state index in [-0.39, 0.29) is 17.9 Å². The van der Waals surface area contributed by atoms with Gasteiger partial charge in [-0.15, -0.1) is 11.3 Å². The quantitative estimate of drug-likeness (QED) is 0.909. The van der Waals surface area contributed by atoms with Gasteiger partial charge in [-0.1, -0.05) is 6.92 Å². The molecule has 1 atom stereocenters. The SMILES string of the molecule is CCc1cc(C(=O)N2CCN([C@H]3CCCCNC3=O)CC2)sc1C. The molecule has 2 saturated heterocycles. The van der Waals surface area contributed by atoms with Crippen molar-refractivity contribution in [3.63, 3.8) is 0 Å². The third-order valence-electron chi connectivity index (χ3n) is 5.16. The number of rotatable bonds is 3. The van der Waals surface area contributed by atoms with Gasteiger partial charge in [0.15, 0.2) is 0 Å². The summed E-state index contributed by atoms with van der Waals surface area (Å²) in [6.45, 7) is 8.00. The number of carbonyl (C=O) groups excluding carboxylic acids is 2. The molecule has 1 aromatic rings. The van der Waals surface area contributed by atoms with Crippen LogP contribution in [0.15, 0.2) is 6.07 Å². The number of nitrogens with zero attached hydrogens (tertiary/aromatic N) is 2. The van der Waals surface area contributed by atoms with Crippen LogP contribution in [0.25, 0.3) is 0 Å². The zero-order valence-electron chi connectivity index (χ0n) is 14.6. The van der Waals surface area contributed by atoms with E-state index < -0.39 is 0 Å². The second-order valence-corrected chi connectivity index (χ2v) is 7.93. The minimum absolute atomic E-state index is 0.0135. The zero-order chi connectivity index (χ0) is 17.1. The van der Waals surface area contributed by atoms with Crippen LogP contribution >= 0.6 is 11.3 Å². The van der Waals surface area contributed by atoms with Crippen molar-refractivity contribution in [1.82, 2.24) is 15.1 Å². The maximum absolute atomic E-state index is 12.7. The maximum Gasteiger partial charge on any atom is 0.264 e. The highest BCUT2D eigenvalue weighted by atomic mass is 32.1. The van der Waals surface area contributed by atoms with Crippen molar-refractivity contribution in [3.8, 4) is 0 Å². The first kappa shape index (κ1) is 17.4. The first-order chi connectivity index (χ1) is 11.6. The van der Waals surface area contributed by atoms with Gasteiger partial charge in [-0.2, -0.15) is 0 Å². The van der Waals surface area contributed by atoms with Crippen molar-refractivity contribution >= 4 is 23.2 Å². The van der Waals surface area contributed by atoms with E-state index >= 15 is 0 Å². The van der Waals surface area contributed by atoms with Crippen LogP contribution in [0.4, 0.5) is 0 Å². The summed E-state index contributed by atoms with van der Waals surface area (Å²) in [5.41, 5.74) is 1.28. The molecule has 0 spiro atoms. The third-order valence-corrected chi connectivity index (χ3v) is 6.24. The van der Waals surface area contributed by atoms with Crippen LogP contribution in [0.1, 0.15) is 46.3 Å². The van der Waals surface area contributed by atoms with Gasteiger partial charge in [-0.3, -0.25) is 14.5 Å². The highest BCUT2D eigenvalue weighted by Crippen LogP contribution is 2.24. The van der Waals surface area contributed by atoms with Gasteiger partial charge in [-0.25, -0.2) is 0 Å². The Hall–Kier alpha value is -1.40. The largest absolute Gasteiger partial charge is 0.355 e. The lowest BCUT2D eigenvalue weighted by atomic mass is 10.1. The van der Waals surface area contributed by atoms with Crippen LogP contribution in [0, 0.1) is 6.92 Å². The van der Waals surface area contributed by atoms with Gasteiger partial charge >= 0.3 is 0 Å². The fourth-order valence-corrected chi connectivity index (χ4v) is 4.72. The molecule has 0 unspecified atom stereocenters. The van der Waals surface area contributed by atoms with Crippen molar-refractivity contribution in [1.29, 1.82) is 0 Å². The number of hydrogen-bond donors (Lipinski definition) is 1. The van der Waals surface area contributed by atoms with E-state index in [1.165, 1.54) is 10.4 Å². The second kappa shape index (κ2) is 7.66. The minimum Gasteiger partial charge on any atom is -0.355 e. The van der Waals surface area contributed by atoms with Gasteiger partial charge in [0.1, 0.15) is 0 Å². The van der Waals surface area contributed by atoms with E-state index in [0.717, 1.165) is 50.2 Å². The summed E-state index contributed by atoms with van der Waals surface area (Å²) in [5, 5.41) is 3.01. The molecule has 3 rings (SSSR count). The van der Waals surface area contributed by atoms with Crippen molar-refractivity contribution in [3.05, 3.63) is 21.4 Å². The summed E-state index contributed by atoms with van der Waals surface area (Å²) < 4.78 is 0. The Labute approximate surface area is 148 Å². The van der Waals surface area contributed by atoms with E-state index in [4.69, 9.17) is 0 Å². The van der Waals surface area contributed by atoms with E-state index in [2.05, 4.69) is 24.1 Å². The van der Waals surface area contributed by atoms with Crippen molar-refractivity contribution in [2.45, 2.75) is 45.6 Å². The Bertz CT molecular complexity index is 605. The monoisotopic (exact) mass is 349 g/mol. The van der Waals surface area contributed by atoms with Gasteiger partial charge < -0.3 is 10.2 Å². The Morgan fingerprint density at radius 2 is 2.04 bits per heavy atom. The molecule has 6 heteroatoms. The lowest BCUT2D eigenvalue weighted by Gasteiger charge is -2.38. The van der Waals surface area contributed by atoms with Crippen LogP contribution in [0.2, 0.25) is 0 Å². The van der Waals surface area contributed by atoms with E-state index in [1.807, 2.05) is 11.0 Å². The summed E-state index contributed by atoms with van der Waals surface area (Å²) in [7, 11) is 0. The summed E-state index contributed by atoms with van der Waals surface area (Å²) in [6.07, 6.45) is 4.07. The molecule has 0 saturated carbocycles. The Balaban J connectivity index is 1.59. The number of hydrogen-bond acceptors (Lipinski definition) is 4. The van der Waals surface area contributed by atoms with Crippen molar-refractivity contribution in [2.24, 2.45) is 0 Å². The molecule has 5 nitrogen and oxygen atoms in total. The number of carbonyl (C=O) groups is 2. The van der Waals surface area contributed by atoms with E-state index in [1.54, 1.807) is 11.3 Å². The van der Waals surface area contributed by atoms with Gasteiger partial charge in [0, 0.05) is 37.6 Å². The summed E-state index contributed by atoms with van der Waals surface area (Å²) in [6, 6.07) is 2.04. The van der Waals surface area contributed by atoms with E-state index in [9.17, 15) is 9.59 Å². The number of nitrogens with one attached hydrogen (secondary N) is 1. The topological polar surface area (TPSA) is 52.7 Å². The normalized spacial score (nSPS) is 23.0. The zero-order valence-corrected chi connectivity index (χ0v) is 15.5. The molecule has 2 aliphatic rings. The molecule has 1 N–H and O–H groups in total. The predicted molar refractivity (Wildman–Crippen MR) is 96.6 cm³/mol. The smallest absolute Gasteiger partial charge is 0.264 e. The molecule has 24 heavy (non-hydrogen) atoms. The Kier molecular flexibility index (Phi) is 5.56. The van der Waals surface area contributed by atoms with Crippen molar-refractivity contribution < 1.29 is 9.59 Å². The number of amides is 2. The molecule has 0 radical (unpaired) electrons. The van der Waals surface area contributed by atoms with Gasteiger partial charge in [0.25, 0.3) is 5.91 Å². The number of piperazine rings is 1. The lowest BCUT2D eigenvalue weighted by Crippen LogP contribution is -2.55. The standard InChI is InChI=1S/C18H27N3O2S/c1-3-14-12-16(24-13(14)2)18(23)21-10-8-20(9-11-21)15-6-4-5-7-19-17(15)22/h12,15H,3-11H2,1-2H3,(H,19,22)/t15-/m0/s1. The molecule has 2 aliphatic heterocycles. The summed E-state index contributed by atoms with van der Waals surface area (Å²) in [5.74, 6) is 0.307. The first-order valence-electron chi connectivity index (χ1n) is 9.00. The average Bonchev–Trinajstić information content (AvgIpc) is 2.84. The van der Waals surface area contributed by atoms with Crippen LogP contribution in [0.5, 0.6) is 0 Å². The Morgan fingerprint density at radius 3 is 2.71 bits per heavy atom. The molecule has 0 aliphatic carbocycles. The number of thiophene rings is 1. The second-order valence-electron chi connectivity index (χ2n) is 6.68. The Morgan fingerprint density at radius 1 is 1.29 bits per heavy atom. The third kappa shape index (κ3) is 3.64. The lowest BCUT2D eigenvalue weighted by molar-refractivity contribution is -0.126. The summed E-state index contributed by atoms with van der Waals surface area (Å²) in [4.78, 5) is 31.2. The highest BCUT2D eigenvalue weighted by molar-refractivity contribution is 7.14. The highest BCUT2D eigenvalue weighted by Gasteiger charge is 2.31. The molecule has 0 aromatic carbocycles. The van der Waals surface area contributed by atoms with E-state index in [0.29, 0.717) is 13.1 Å². The molecule has 132 valence electrons. The predicted octanol–water partition coefficient (Wildman–Crippen LogP) is 2.05. The van der Waals surface area contributed by atoms with Gasteiger partial charge in [0.2, 0.25) is 5.91 Å². The molecular formula is C18H27N3O2S. The number of aryl methyl sites for hydroxylation is 2. The summed E-state index contributed by atoms with van der Waals surface area (Å²) >= 11 is 1.60. The van der Waals surface area contributed by atoms with Crippen LogP contribution < -0.4 is 5.32 Å². The molecular weight excluding hydrogens is 322 g/mol. The van der Waals surface area contributed by atoms with Crippen molar-refractivity contribution in [2.75, 3.05) is 32.7 Å². The van der Waals surface area contributed by atoms with Gasteiger partial charge in [0.05, 0.1) is 10.9 Å².